The van der Waals surface area contributed by atoms with Crippen LogP contribution in [0.15, 0.2) is 18.2 Å². The van der Waals surface area contributed by atoms with Gasteiger partial charge in [-0.3, -0.25) is 4.79 Å². The molecule has 0 aliphatic carbocycles. The zero-order chi connectivity index (χ0) is 21.5. The number of hydrogen-bond donors (Lipinski definition) is 0. The lowest BCUT2D eigenvalue weighted by Crippen LogP contribution is -2.35. The van der Waals surface area contributed by atoms with Crippen molar-refractivity contribution < 1.29 is 32.2 Å². The quantitative estimate of drug-likeness (QED) is 0.570. The number of carbonyl (C=O) groups excluding carboxylic acids is 2. The highest BCUT2D eigenvalue weighted by molar-refractivity contribution is 5.70. The molecule has 0 aliphatic rings. The Morgan fingerprint density at radius 2 is 1.86 bits per heavy atom. The predicted molar refractivity (Wildman–Crippen MR) is 98.8 cm³/mol. The van der Waals surface area contributed by atoms with Crippen molar-refractivity contribution in [2.24, 2.45) is 0 Å². The fraction of sp³-hybridized carbons (Fsp3) is 0.600. The van der Waals surface area contributed by atoms with Gasteiger partial charge < -0.3 is 14.4 Å². The first kappa shape index (κ1) is 23.8. The number of esters is 1. The number of alkyl halides is 2. The molecule has 1 aromatic rings. The molecule has 0 spiro atoms. The Bertz CT molecular complexity index is 674. The molecule has 0 aromatic heterocycles. The third-order valence-corrected chi connectivity index (χ3v) is 3.95. The fourth-order valence-electron chi connectivity index (χ4n) is 2.58. The Kier molecular flexibility index (Phi) is 8.78. The summed E-state index contributed by atoms with van der Waals surface area (Å²) in [6.45, 7) is 7.13. The van der Waals surface area contributed by atoms with Crippen LogP contribution in [-0.4, -0.2) is 42.8 Å². The van der Waals surface area contributed by atoms with Crippen LogP contribution >= 0.6 is 0 Å². The largest absolute Gasteiger partial charge is 0.466 e. The van der Waals surface area contributed by atoms with E-state index in [2.05, 4.69) is 0 Å². The van der Waals surface area contributed by atoms with Crippen molar-refractivity contribution in [3.8, 4) is 0 Å². The summed E-state index contributed by atoms with van der Waals surface area (Å²) >= 11 is 0. The molecular weight excluding hydrogens is 375 g/mol. The molecule has 0 fully saturated rings. The maximum absolute atomic E-state index is 14.3. The standard InChI is InChI=1S/C20H28F3NO4/c1-6-27-17(25)12-13(9-10-24(5)19(26)28-20(2,3)4)15-11-14(18(22)23)7-8-16(15)21/h7-8,11,13,18H,6,9-10,12H2,1-5H3. The van der Waals surface area contributed by atoms with Gasteiger partial charge in [0.05, 0.1) is 13.0 Å². The summed E-state index contributed by atoms with van der Waals surface area (Å²) in [4.78, 5) is 25.3. The lowest BCUT2D eigenvalue weighted by molar-refractivity contribution is -0.143. The molecule has 0 saturated carbocycles. The minimum absolute atomic E-state index is 0.00319. The van der Waals surface area contributed by atoms with E-state index < -0.39 is 35.8 Å². The molecule has 1 amide bonds. The molecule has 1 atom stereocenters. The lowest BCUT2D eigenvalue weighted by atomic mass is 9.90. The van der Waals surface area contributed by atoms with E-state index in [1.54, 1.807) is 27.7 Å². The monoisotopic (exact) mass is 403 g/mol. The number of hydrogen-bond acceptors (Lipinski definition) is 4. The number of ether oxygens (including phenoxy) is 2. The van der Waals surface area contributed by atoms with Crippen molar-refractivity contribution in [3.05, 3.63) is 35.1 Å². The average molecular weight is 403 g/mol. The third-order valence-electron chi connectivity index (χ3n) is 3.95. The molecule has 5 nitrogen and oxygen atoms in total. The van der Waals surface area contributed by atoms with Gasteiger partial charge in [0.15, 0.2) is 0 Å². The summed E-state index contributed by atoms with van der Waals surface area (Å²) < 4.78 is 50.5. The predicted octanol–water partition coefficient (Wildman–Crippen LogP) is 5.06. The third kappa shape index (κ3) is 7.78. The number of amides is 1. The van der Waals surface area contributed by atoms with Crippen LogP contribution in [-0.2, 0) is 14.3 Å². The molecule has 0 N–H and O–H groups in total. The second-order valence-electron chi connectivity index (χ2n) is 7.48. The van der Waals surface area contributed by atoms with Crippen LogP contribution in [0, 0.1) is 5.82 Å². The van der Waals surface area contributed by atoms with Gasteiger partial charge in [-0.25, -0.2) is 18.0 Å². The molecule has 1 unspecified atom stereocenters. The first-order valence-electron chi connectivity index (χ1n) is 9.11. The summed E-state index contributed by atoms with van der Waals surface area (Å²) in [6, 6.07) is 3.04. The SMILES string of the molecule is CCOC(=O)CC(CCN(C)C(=O)OC(C)(C)C)c1cc(C(F)F)ccc1F. The smallest absolute Gasteiger partial charge is 0.410 e. The van der Waals surface area contributed by atoms with Crippen molar-refractivity contribution in [2.75, 3.05) is 20.2 Å². The molecule has 28 heavy (non-hydrogen) atoms. The Morgan fingerprint density at radius 3 is 2.39 bits per heavy atom. The van der Waals surface area contributed by atoms with Crippen molar-refractivity contribution >= 4 is 12.1 Å². The van der Waals surface area contributed by atoms with Gasteiger partial charge in [-0.15, -0.1) is 0 Å². The summed E-state index contributed by atoms with van der Waals surface area (Å²) in [5.41, 5.74) is -0.998. The van der Waals surface area contributed by atoms with Gasteiger partial charge in [0.1, 0.15) is 11.4 Å². The Balaban J connectivity index is 2.99. The number of benzene rings is 1. The number of carbonyl (C=O) groups is 2. The normalized spacial score (nSPS) is 12.6. The van der Waals surface area contributed by atoms with Gasteiger partial charge in [-0.2, -0.15) is 0 Å². The Labute approximate surface area is 163 Å². The average Bonchev–Trinajstić information content (AvgIpc) is 2.57. The molecule has 1 rings (SSSR count). The highest BCUT2D eigenvalue weighted by Crippen LogP contribution is 2.30. The van der Waals surface area contributed by atoms with E-state index in [4.69, 9.17) is 9.47 Å². The van der Waals surface area contributed by atoms with E-state index in [1.165, 1.54) is 11.9 Å². The van der Waals surface area contributed by atoms with Gasteiger partial charge >= 0.3 is 12.1 Å². The van der Waals surface area contributed by atoms with E-state index >= 15 is 0 Å². The first-order valence-corrected chi connectivity index (χ1v) is 9.11. The Morgan fingerprint density at radius 1 is 1.21 bits per heavy atom. The van der Waals surface area contributed by atoms with Gasteiger partial charge in [-0.1, -0.05) is 6.07 Å². The number of nitrogens with zero attached hydrogens (tertiary/aromatic N) is 1. The first-order chi connectivity index (χ1) is 12.9. The minimum atomic E-state index is -2.76. The van der Waals surface area contributed by atoms with E-state index in [0.29, 0.717) is 0 Å². The molecule has 0 heterocycles. The van der Waals surface area contributed by atoms with Gasteiger partial charge in [0, 0.05) is 19.2 Å². The molecule has 0 saturated heterocycles. The van der Waals surface area contributed by atoms with E-state index in [-0.39, 0.29) is 37.1 Å². The maximum Gasteiger partial charge on any atom is 0.410 e. The summed E-state index contributed by atoms with van der Waals surface area (Å²) in [7, 11) is 1.52. The van der Waals surface area contributed by atoms with Gasteiger partial charge in [0.2, 0.25) is 0 Å². The molecule has 1 aromatic carbocycles. The highest BCUT2D eigenvalue weighted by Gasteiger charge is 2.25. The summed E-state index contributed by atoms with van der Waals surface area (Å²) in [5, 5.41) is 0. The van der Waals surface area contributed by atoms with Crippen LogP contribution in [0.4, 0.5) is 18.0 Å². The minimum Gasteiger partial charge on any atom is -0.466 e. The zero-order valence-electron chi connectivity index (χ0n) is 16.9. The van der Waals surface area contributed by atoms with E-state index in [9.17, 15) is 22.8 Å². The van der Waals surface area contributed by atoms with Gasteiger partial charge in [-0.05, 0) is 57.7 Å². The molecule has 0 aliphatic heterocycles. The van der Waals surface area contributed by atoms with Gasteiger partial charge in [0.25, 0.3) is 6.43 Å². The van der Waals surface area contributed by atoms with Crippen LogP contribution in [0.25, 0.3) is 0 Å². The van der Waals surface area contributed by atoms with Crippen LogP contribution in [0.1, 0.15) is 64.0 Å². The van der Waals surface area contributed by atoms with Crippen LogP contribution in [0.3, 0.4) is 0 Å². The van der Waals surface area contributed by atoms with Crippen molar-refractivity contribution in [3.63, 3.8) is 0 Å². The fourth-order valence-corrected chi connectivity index (χ4v) is 2.58. The number of rotatable bonds is 8. The van der Waals surface area contributed by atoms with Crippen LogP contribution in [0.2, 0.25) is 0 Å². The molecule has 0 radical (unpaired) electrons. The highest BCUT2D eigenvalue weighted by atomic mass is 19.3. The van der Waals surface area contributed by atoms with Crippen LogP contribution in [0.5, 0.6) is 0 Å². The Hall–Kier alpha value is -2.25. The second kappa shape index (κ2) is 10.3. The molecular formula is C20H28F3NO4. The topological polar surface area (TPSA) is 55.8 Å². The zero-order valence-corrected chi connectivity index (χ0v) is 16.9. The number of halogens is 3. The van der Waals surface area contributed by atoms with E-state index in [1.807, 2.05) is 0 Å². The summed E-state index contributed by atoms with van der Waals surface area (Å²) in [6.07, 6.45) is -3.33. The lowest BCUT2D eigenvalue weighted by Gasteiger charge is -2.26. The van der Waals surface area contributed by atoms with Crippen molar-refractivity contribution in [1.82, 2.24) is 4.90 Å². The maximum atomic E-state index is 14.3. The van der Waals surface area contributed by atoms with Crippen LogP contribution < -0.4 is 0 Å². The second-order valence-corrected chi connectivity index (χ2v) is 7.48. The summed E-state index contributed by atoms with van der Waals surface area (Å²) in [5.74, 6) is -1.96. The molecule has 0 bridgehead atoms. The van der Waals surface area contributed by atoms with E-state index in [0.717, 1.165) is 18.2 Å². The molecule has 8 heteroatoms. The van der Waals surface area contributed by atoms with Crippen molar-refractivity contribution in [2.45, 2.75) is 58.5 Å². The molecule has 158 valence electrons. The van der Waals surface area contributed by atoms with Crippen molar-refractivity contribution in [1.29, 1.82) is 0 Å².